The van der Waals surface area contributed by atoms with Gasteiger partial charge < -0.3 is 20.3 Å². The Morgan fingerprint density at radius 3 is 2.35 bits per heavy atom. The molecule has 1 unspecified atom stereocenters. The smallest absolute Gasteiger partial charge is 0.242 e. The summed E-state index contributed by atoms with van der Waals surface area (Å²) >= 11 is 13.1. The van der Waals surface area contributed by atoms with Gasteiger partial charge in [0.05, 0.1) is 18.3 Å². The number of ether oxygens (including phenoxy) is 1. The highest BCUT2D eigenvalue weighted by atomic mass is 35.5. The van der Waals surface area contributed by atoms with Crippen molar-refractivity contribution >= 4 is 58.0 Å². The molecule has 2 aromatic heterocycles. The Balaban J connectivity index is 0.000000316. The van der Waals surface area contributed by atoms with Gasteiger partial charge in [0.2, 0.25) is 23.1 Å². The van der Waals surface area contributed by atoms with Crippen LogP contribution in [0.15, 0.2) is 5.38 Å². The van der Waals surface area contributed by atoms with Gasteiger partial charge in [0.1, 0.15) is 5.88 Å². The number of aromatic nitrogens is 3. The number of halogens is 2. The minimum Gasteiger partial charge on any atom is -0.383 e. The summed E-state index contributed by atoms with van der Waals surface area (Å²) in [6, 6.07) is 0.251. The van der Waals surface area contributed by atoms with Gasteiger partial charge in [-0.2, -0.15) is 15.0 Å². The number of amides is 1. The lowest BCUT2D eigenvalue weighted by atomic mass is 10.2. The van der Waals surface area contributed by atoms with E-state index in [4.69, 9.17) is 27.9 Å². The van der Waals surface area contributed by atoms with Crippen molar-refractivity contribution in [1.29, 1.82) is 0 Å². The number of nitrogens with one attached hydrogen (secondary N) is 2. The Morgan fingerprint density at radius 2 is 1.87 bits per heavy atom. The van der Waals surface area contributed by atoms with Crippen LogP contribution in [0.3, 0.4) is 0 Å². The minimum atomic E-state index is -0.0826. The molecular formula is C20H32Cl2N6O2S. The molecule has 1 amide bonds. The predicted molar refractivity (Wildman–Crippen MR) is 131 cm³/mol. The summed E-state index contributed by atoms with van der Waals surface area (Å²) in [5, 5.41) is 8.28. The molecule has 1 atom stereocenters. The Kier molecular flexibility index (Phi) is 12.1. The van der Waals surface area contributed by atoms with E-state index in [0.29, 0.717) is 18.5 Å². The highest BCUT2D eigenvalue weighted by molar-refractivity contribution is 7.10. The number of methoxy groups -OCH3 is 1. The zero-order chi connectivity index (χ0) is 23.6. The van der Waals surface area contributed by atoms with Gasteiger partial charge >= 0.3 is 0 Å². The van der Waals surface area contributed by atoms with Crippen molar-refractivity contribution in [3.8, 4) is 0 Å². The number of thiophene rings is 1. The van der Waals surface area contributed by atoms with Crippen molar-refractivity contribution in [2.45, 2.75) is 53.6 Å². The van der Waals surface area contributed by atoms with Gasteiger partial charge in [-0.15, -0.1) is 22.9 Å². The highest BCUT2D eigenvalue weighted by Gasteiger charge is 2.25. The second kappa shape index (κ2) is 13.7. The van der Waals surface area contributed by atoms with Crippen LogP contribution in [0.4, 0.5) is 17.6 Å². The van der Waals surface area contributed by atoms with Crippen LogP contribution in [0.5, 0.6) is 0 Å². The molecule has 8 nitrogen and oxygen atoms in total. The summed E-state index contributed by atoms with van der Waals surface area (Å²) in [5.74, 6) is 0.899. The van der Waals surface area contributed by atoms with Crippen LogP contribution in [0.25, 0.3) is 0 Å². The second-order valence-corrected chi connectivity index (χ2v) is 8.80. The molecule has 0 radical (unpaired) electrons. The lowest BCUT2D eigenvalue weighted by Gasteiger charge is -2.29. The van der Waals surface area contributed by atoms with Gasteiger partial charge in [-0.05, 0) is 64.1 Å². The first-order chi connectivity index (χ1) is 14.6. The number of anilines is 3. The molecule has 2 aromatic rings. The first-order valence-electron chi connectivity index (χ1n) is 9.98. The van der Waals surface area contributed by atoms with E-state index in [9.17, 15) is 4.79 Å². The fraction of sp³-hybridized carbons (Fsp3) is 0.600. The largest absolute Gasteiger partial charge is 0.383 e. The van der Waals surface area contributed by atoms with E-state index in [2.05, 4.69) is 31.0 Å². The SMILES string of the molecule is CCNc1nc(Cl)nc(NC(C)C)n1.COCC(C)N(C(=O)CCl)c1c(C)csc1C. The highest BCUT2D eigenvalue weighted by Crippen LogP contribution is 2.32. The van der Waals surface area contributed by atoms with Crippen molar-refractivity contribution in [3.05, 3.63) is 21.1 Å². The lowest BCUT2D eigenvalue weighted by molar-refractivity contribution is -0.116. The van der Waals surface area contributed by atoms with Crippen molar-refractivity contribution in [2.75, 3.05) is 41.7 Å². The molecule has 2 rings (SSSR count). The molecule has 0 aromatic carbocycles. The molecule has 0 aliphatic carbocycles. The normalized spacial score (nSPS) is 11.5. The Hall–Kier alpha value is -1.68. The predicted octanol–water partition coefficient (Wildman–Crippen LogP) is 4.75. The maximum absolute atomic E-state index is 12.0. The monoisotopic (exact) mass is 490 g/mol. The lowest BCUT2D eigenvalue weighted by Crippen LogP contribution is -2.42. The maximum atomic E-state index is 12.0. The average molecular weight is 491 g/mol. The van der Waals surface area contributed by atoms with E-state index in [0.717, 1.165) is 22.7 Å². The molecule has 0 fully saturated rings. The van der Waals surface area contributed by atoms with Crippen LogP contribution in [0.1, 0.15) is 38.1 Å². The Bertz CT molecular complexity index is 814. The summed E-state index contributed by atoms with van der Waals surface area (Å²) < 4.78 is 5.12. The Labute approximate surface area is 198 Å². The van der Waals surface area contributed by atoms with Crippen molar-refractivity contribution in [2.24, 2.45) is 0 Å². The minimum absolute atomic E-state index is 0.0111. The number of hydrogen-bond donors (Lipinski definition) is 2. The summed E-state index contributed by atoms with van der Waals surface area (Å²) in [4.78, 5) is 26.9. The van der Waals surface area contributed by atoms with Gasteiger partial charge in [-0.1, -0.05) is 0 Å². The fourth-order valence-electron chi connectivity index (χ4n) is 2.81. The number of hydrogen-bond acceptors (Lipinski definition) is 8. The molecule has 0 spiro atoms. The number of carbonyl (C=O) groups is 1. The molecule has 174 valence electrons. The van der Waals surface area contributed by atoms with E-state index < -0.39 is 0 Å². The topological polar surface area (TPSA) is 92.3 Å². The van der Waals surface area contributed by atoms with Gasteiger partial charge in [0.25, 0.3) is 0 Å². The van der Waals surface area contributed by atoms with E-state index in [1.807, 2.05) is 41.5 Å². The third kappa shape index (κ3) is 8.76. The van der Waals surface area contributed by atoms with Crippen molar-refractivity contribution in [3.63, 3.8) is 0 Å². The van der Waals surface area contributed by atoms with Crippen LogP contribution < -0.4 is 15.5 Å². The molecule has 0 aliphatic heterocycles. The summed E-state index contributed by atoms with van der Waals surface area (Å²) in [5.41, 5.74) is 2.08. The number of carbonyl (C=O) groups excluding carboxylic acids is 1. The number of nitrogens with zero attached hydrogens (tertiary/aromatic N) is 4. The maximum Gasteiger partial charge on any atom is 0.242 e. The van der Waals surface area contributed by atoms with E-state index in [-0.39, 0.29) is 29.2 Å². The number of aryl methyl sites for hydroxylation is 2. The van der Waals surface area contributed by atoms with Crippen LogP contribution in [0.2, 0.25) is 5.28 Å². The Morgan fingerprint density at radius 1 is 1.23 bits per heavy atom. The molecule has 2 N–H and O–H groups in total. The van der Waals surface area contributed by atoms with Crippen LogP contribution in [-0.2, 0) is 9.53 Å². The molecule has 0 bridgehead atoms. The molecule has 11 heteroatoms. The quantitative estimate of drug-likeness (QED) is 0.489. The third-order valence-electron chi connectivity index (χ3n) is 3.95. The van der Waals surface area contributed by atoms with E-state index in [1.54, 1.807) is 23.3 Å². The molecule has 31 heavy (non-hydrogen) atoms. The zero-order valence-electron chi connectivity index (χ0n) is 19.1. The van der Waals surface area contributed by atoms with Crippen molar-refractivity contribution in [1.82, 2.24) is 15.0 Å². The first kappa shape index (κ1) is 27.4. The summed E-state index contributed by atoms with van der Waals surface area (Å²) in [6.45, 7) is 13.2. The summed E-state index contributed by atoms with van der Waals surface area (Å²) in [7, 11) is 1.63. The first-order valence-corrected chi connectivity index (χ1v) is 11.8. The van der Waals surface area contributed by atoms with Gasteiger partial charge in [-0.25, -0.2) is 0 Å². The van der Waals surface area contributed by atoms with Crippen LogP contribution in [0, 0.1) is 13.8 Å². The van der Waals surface area contributed by atoms with E-state index in [1.165, 1.54) is 0 Å². The third-order valence-corrected chi connectivity index (χ3v) is 5.37. The zero-order valence-corrected chi connectivity index (χ0v) is 21.5. The fourth-order valence-corrected chi connectivity index (χ4v) is 3.93. The number of rotatable bonds is 9. The van der Waals surface area contributed by atoms with E-state index >= 15 is 0 Å². The molecule has 0 saturated carbocycles. The van der Waals surface area contributed by atoms with Gasteiger partial charge in [0, 0.05) is 24.6 Å². The standard InChI is InChI=1S/C12H18ClNO2S.C8H14ClN5/c1-8-7-17-10(3)12(8)14(11(15)5-13)9(2)6-16-4;1-4-10-7-12-6(9)13-8(14-7)11-5(2)3/h7,9H,5-6H2,1-4H3;5H,4H2,1-3H3,(H2,10,11,12,13,14). The second-order valence-electron chi connectivity index (χ2n) is 7.11. The molecule has 2 heterocycles. The summed E-state index contributed by atoms with van der Waals surface area (Å²) in [6.07, 6.45) is 0. The van der Waals surface area contributed by atoms with Crippen molar-refractivity contribution < 1.29 is 9.53 Å². The molecule has 0 saturated heterocycles. The molecule has 0 aliphatic rings. The molecular weight excluding hydrogens is 459 g/mol. The van der Waals surface area contributed by atoms with Gasteiger partial charge in [0.15, 0.2) is 0 Å². The van der Waals surface area contributed by atoms with Gasteiger partial charge in [-0.3, -0.25) is 4.79 Å². The van der Waals surface area contributed by atoms with Crippen LogP contribution in [-0.4, -0.2) is 59.1 Å². The number of alkyl halides is 1. The van der Waals surface area contributed by atoms with Crippen LogP contribution >= 0.6 is 34.5 Å². The average Bonchev–Trinajstić information content (AvgIpc) is 3.00.